The summed E-state index contributed by atoms with van der Waals surface area (Å²) >= 11 is 0. The van der Waals surface area contributed by atoms with Crippen molar-refractivity contribution in [1.82, 2.24) is 9.62 Å². The number of aryl methyl sites for hydroxylation is 1. The van der Waals surface area contributed by atoms with E-state index in [-0.39, 0.29) is 29.4 Å². The zero-order valence-electron chi connectivity index (χ0n) is 14.1. The van der Waals surface area contributed by atoms with E-state index in [2.05, 4.69) is 5.32 Å². The largest absolute Gasteiger partial charge is 0.493 e. The highest BCUT2D eigenvalue weighted by Gasteiger charge is 2.33. The van der Waals surface area contributed by atoms with E-state index in [1.54, 1.807) is 19.1 Å². The molecular formula is C15H25ClN2O4S. The van der Waals surface area contributed by atoms with Crippen LogP contribution >= 0.6 is 12.4 Å². The van der Waals surface area contributed by atoms with Crippen molar-refractivity contribution in [2.24, 2.45) is 0 Å². The van der Waals surface area contributed by atoms with E-state index in [0.29, 0.717) is 30.2 Å². The second-order valence-corrected chi connectivity index (χ2v) is 7.67. The monoisotopic (exact) mass is 364 g/mol. The molecule has 0 aliphatic carbocycles. The number of hydrogen-bond acceptors (Lipinski definition) is 5. The number of benzene rings is 1. The Morgan fingerprint density at radius 2 is 1.57 bits per heavy atom. The number of sulfonamides is 1. The first-order valence-electron chi connectivity index (χ1n) is 7.28. The Labute approximate surface area is 144 Å². The molecule has 1 saturated heterocycles. The van der Waals surface area contributed by atoms with Gasteiger partial charge in [0.05, 0.1) is 19.1 Å². The van der Waals surface area contributed by atoms with Gasteiger partial charge in [0, 0.05) is 31.2 Å². The van der Waals surface area contributed by atoms with E-state index < -0.39 is 10.0 Å². The standard InChI is InChI=1S/C15H24N2O4S.ClH/c1-10-6-13(20-4)14(21-5)7-15(10)22(18,19)17-8-11(2)16-12(3)9-17;/h6-7,11-12,16H,8-9H2,1-5H3;1H. The van der Waals surface area contributed by atoms with E-state index >= 15 is 0 Å². The first kappa shape index (κ1) is 20.0. The molecule has 0 amide bonds. The SMILES string of the molecule is COc1cc(C)c(S(=O)(=O)N2CC(C)NC(C)C2)cc1OC.Cl. The summed E-state index contributed by atoms with van der Waals surface area (Å²) in [5.41, 5.74) is 0.650. The van der Waals surface area contributed by atoms with Gasteiger partial charge < -0.3 is 14.8 Å². The summed E-state index contributed by atoms with van der Waals surface area (Å²) in [6.07, 6.45) is 0. The van der Waals surface area contributed by atoms with Gasteiger partial charge in [-0.3, -0.25) is 0 Å². The summed E-state index contributed by atoms with van der Waals surface area (Å²) < 4.78 is 37.9. The first-order valence-corrected chi connectivity index (χ1v) is 8.72. The van der Waals surface area contributed by atoms with Crippen LogP contribution in [0.3, 0.4) is 0 Å². The van der Waals surface area contributed by atoms with E-state index in [1.165, 1.54) is 18.5 Å². The maximum atomic E-state index is 13.0. The minimum atomic E-state index is -3.56. The van der Waals surface area contributed by atoms with Crippen LogP contribution in [0, 0.1) is 6.92 Å². The van der Waals surface area contributed by atoms with Gasteiger partial charge in [0.15, 0.2) is 11.5 Å². The Morgan fingerprint density at radius 3 is 2.04 bits per heavy atom. The molecule has 6 nitrogen and oxygen atoms in total. The topological polar surface area (TPSA) is 67.9 Å². The molecule has 8 heteroatoms. The molecule has 1 aliphatic heterocycles. The molecule has 1 aromatic rings. The highest BCUT2D eigenvalue weighted by atomic mass is 35.5. The van der Waals surface area contributed by atoms with Crippen molar-refractivity contribution in [2.75, 3.05) is 27.3 Å². The van der Waals surface area contributed by atoms with Crippen LogP contribution in [-0.2, 0) is 10.0 Å². The van der Waals surface area contributed by atoms with Crippen LogP contribution in [0.2, 0.25) is 0 Å². The third kappa shape index (κ3) is 4.09. The van der Waals surface area contributed by atoms with Crippen molar-refractivity contribution < 1.29 is 17.9 Å². The molecule has 132 valence electrons. The Balaban J connectivity index is 0.00000264. The molecule has 0 radical (unpaired) electrons. The number of rotatable bonds is 4. The number of piperazine rings is 1. The van der Waals surface area contributed by atoms with Crippen molar-refractivity contribution in [3.8, 4) is 11.5 Å². The zero-order valence-corrected chi connectivity index (χ0v) is 15.8. The first-order chi connectivity index (χ1) is 10.3. The number of halogens is 1. The van der Waals surface area contributed by atoms with Crippen molar-refractivity contribution >= 4 is 22.4 Å². The molecule has 0 spiro atoms. The second-order valence-electron chi connectivity index (χ2n) is 5.76. The Kier molecular flexibility index (Phi) is 6.70. The smallest absolute Gasteiger partial charge is 0.243 e. The van der Waals surface area contributed by atoms with Gasteiger partial charge in [-0.05, 0) is 32.4 Å². The van der Waals surface area contributed by atoms with Crippen LogP contribution in [0.1, 0.15) is 19.4 Å². The van der Waals surface area contributed by atoms with Crippen LogP contribution in [0.5, 0.6) is 11.5 Å². The highest BCUT2D eigenvalue weighted by molar-refractivity contribution is 7.89. The molecule has 0 aromatic heterocycles. The molecule has 0 bridgehead atoms. The molecular weight excluding hydrogens is 340 g/mol. The van der Waals surface area contributed by atoms with Gasteiger partial charge in [-0.15, -0.1) is 12.4 Å². The molecule has 2 atom stereocenters. The van der Waals surface area contributed by atoms with Crippen molar-refractivity contribution in [1.29, 1.82) is 0 Å². The van der Waals surface area contributed by atoms with Crippen LogP contribution in [0.25, 0.3) is 0 Å². The third-order valence-corrected chi connectivity index (χ3v) is 5.80. The van der Waals surface area contributed by atoms with Gasteiger partial charge in [0.1, 0.15) is 0 Å². The molecule has 1 aromatic carbocycles. The summed E-state index contributed by atoms with van der Waals surface area (Å²) in [5.74, 6) is 0.948. The zero-order chi connectivity index (χ0) is 16.5. The molecule has 1 N–H and O–H groups in total. The third-order valence-electron chi connectivity index (χ3n) is 3.82. The van der Waals surface area contributed by atoms with Gasteiger partial charge in [-0.1, -0.05) is 0 Å². The number of hydrogen-bond donors (Lipinski definition) is 1. The van der Waals surface area contributed by atoms with Crippen LogP contribution in [0.4, 0.5) is 0 Å². The average Bonchev–Trinajstić information content (AvgIpc) is 2.45. The highest BCUT2D eigenvalue weighted by Crippen LogP contribution is 2.33. The lowest BCUT2D eigenvalue weighted by Gasteiger charge is -2.35. The number of nitrogens with zero attached hydrogens (tertiary/aromatic N) is 1. The minimum Gasteiger partial charge on any atom is -0.493 e. The maximum absolute atomic E-state index is 13.0. The molecule has 1 aliphatic rings. The van der Waals surface area contributed by atoms with Crippen molar-refractivity contribution in [3.05, 3.63) is 17.7 Å². The Bertz CT molecular complexity index is 641. The second kappa shape index (κ2) is 7.70. The van der Waals surface area contributed by atoms with Gasteiger partial charge in [0.25, 0.3) is 0 Å². The van der Waals surface area contributed by atoms with E-state index in [4.69, 9.17) is 9.47 Å². The summed E-state index contributed by atoms with van der Waals surface area (Å²) in [6, 6.07) is 3.49. The molecule has 2 rings (SSSR count). The normalized spacial score (nSPS) is 22.3. The predicted molar refractivity (Wildman–Crippen MR) is 92.3 cm³/mol. The van der Waals surface area contributed by atoms with Gasteiger partial charge >= 0.3 is 0 Å². The van der Waals surface area contributed by atoms with E-state index in [1.807, 2.05) is 13.8 Å². The predicted octanol–water partition coefficient (Wildman–Crippen LogP) is 1.80. The molecule has 2 unspecified atom stereocenters. The fraction of sp³-hybridized carbons (Fsp3) is 0.600. The van der Waals surface area contributed by atoms with Crippen molar-refractivity contribution in [2.45, 2.75) is 37.8 Å². The quantitative estimate of drug-likeness (QED) is 0.882. The van der Waals surface area contributed by atoms with Crippen LogP contribution in [0.15, 0.2) is 17.0 Å². The fourth-order valence-corrected chi connectivity index (χ4v) is 4.69. The lowest BCUT2D eigenvalue weighted by molar-refractivity contribution is 0.262. The van der Waals surface area contributed by atoms with Crippen molar-refractivity contribution in [3.63, 3.8) is 0 Å². The molecule has 23 heavy (non-hydrogen) atoms. The van der Waals surface area contributed by atoms with E-state index in [0.717, 1.165) is 0 Å². The van der Waals surface area contributed by atoms with Crippen LogP contribution in [-0.4, -0.2) is 52.1 Å². The Hall–Kier alpha value is -1.02. The minimum absolute atomic E-state index is 0. The van der Waals surface area contributed by atoms with Gasteiger partial charge in [-0.2, -0.15) is 4.31 Å². The lowest BCUT2D eigenvalue weighted by atomic mass is 10.2. The molecule has 1 fully saturated rings. The number of nitrogens with one attached hydrogen (secondary N) is 1. The maximum Gasteiger partial charge on any atom is 0.243 e. The number of ether oxygens (including phenoxy) is 2. The number of methoxy groups -OCH3 is 2. The fourth-order valence-electron chi connectivity index (χ4n) is 2.85. The van der Waals surface area contributed by atoms with E-state index in [9.17, 15) is 8.42 Å². The molecule has 1 heterocycles. The van der Waals surface area contributed by atoms with Gasteiger partial charge in [0.2, 0.25) is 10.0 Å². The summed E-state index contributed by atoms with van der Waals surface area (Å²) in [6.45, 7) is 6.66. The Morgan fingerprint density at radius 1 is 1.09 bits per heavy atom. The summed E-state index contributed by atoms with van der Waals surface area (Å²) in [4.78, 5) is 0.270. The summed E-state index contributed by atoms with van der Waals surface area (Å²) in [7, 11) is -0.527. The average molecular weight is 365 g/mol. The van der Waals surface area contributed by atoms with Crippen LogP contribution < -0.4 is 14.8 Å². The molecule has 0 saturated carbocycles. The lowest BCUT2D eigenvalue weighted by Crippen LogP contribution is -2.55. The van der Waals surface area contributed by atoms with Gasteiger partial charge in [-0.25, -0.2) is 8.42 Å². The summed E-state index contributed by atoms with van der Waals surface area (Å²) in [5, 5.41) is 3.34.